The second-order valence-corrected chi connectivity index (χ2v) is 8.07. The van der Waals surface area contributed by atoms with E-state index in [0.29, 0.717) is 19.1 Å². The van der Waals surface area contributed by atoms with Gasteiger partial charge in [0.15, 0.2) is 0 Å². The summed E-state index contributed by atoms with van der Waals surface area (Å²) in [4.78, 5) is 19.5. The van der Waals surface area contributed by atoms with Crippen molar-refractivity contribution in [1.82, 2.24) is 14.7 Å². The smallest absolute Gasteiger partial charge is 0.236 e. The molecule has 1 aromatic carbocycles. The number of nitrogens with zero attached hydrogens (tertiary/aromatic N) is 3. The Kier molecular flexibility index (Phi) is 7.68. The number of hydrogen-bond acceptors (Lipinski definition) is 4. The van der Waals surface area contributed by atoms with Crippen LogP contribution in [0.2, 0.25) is 0 Å². The molecular weight excluding hydrogens is 338 g/mol. The van der Waals surface area contributed by atoms with Gasteiger partial charge >= 0.3 is 0 Å². The Labute approximate surface area is 163 Å². The topological polar surface area (TPSA) is 47.0 Å². The number of aliphatic hydroxyl groups excluding tert-OH is 1. The van der Waals surface area contributed by atoms with Crippen LogP contribution in [0.3, 0.4) is 0 Å². The number of hydrogen-bond donors (Lipinski definition) is 1. The van der Waals surface area contributed by atoms with Crippen LogP contribution >= 0.6 is 0 Å². The summed E-state index contributed by atoms with van der Waals surface area (Å²) in [7, 11) is 0. The lowest BCUT2D eigenvalue weighted by Gasteiger charge is -2.38. The molecule has 1 heterocycles. The largest absolute Gasteiger partial charge is 0.395 e. The molecule has 1 amide bonds. The molecule has 0 atom stereocenters. The maximum absolute atomic E-state index is 12.8. The summed E-state index contributed by atoms with van der Waals surface area (Å²) in [6, 6.07) is 9.01. The van der Waals surface area contributed by atoms with Crippen molar-refractivity contribution in [3.05, 3.63) is 35.4 Å². The van der Waals surface area contributed by atoms with Gasteiger partial charge in [0.1, 0.15) is 0 Å². The average molecular weight is 374 g/mol. The van der Waals surface area contributed by atoms with Gasteiger partial charge < -0.3 is 10.0 Å². The van der Waals surface area contributed by atoms with Crippen molar-refractivity contribution in [2.75, 3.05) is 45.9 Å². The molecule has 27 heavy (non-hydrogen) atoms. The quantitative estimate of drug-likeness (QED) is 0.796. The summed E-state index contributed by atoms with van der Waals surface area (Å²) in [5, 5.41) is 9.41. The molecule has 1 saturated heterocycles. The average Bonchev–Trinajstić information content (AvgIpc) is 2.70. The number of piperazine rings is 1. The zero-order valence-corrected chi connectivity index (χ0v) is 16.8. The van der Waals surface area contributed by atoms with E-state index in [9.17, 15) is 9.90 Å². The number of carbonyl (C=O) groups is 1. The van der Waals surface area contributed by atoms with Gasteiger partial charge in [0.25, 0.3) is 0 Å². The fourth-order valence-corrected chi connectivity index (χ4v) is 4.42. The Balaban J connectivity index is 1.47. The van der Waals surface area contributed by atoms with E-state index in [0.717, 1.165) is 45.6 Å². The van der Waals surface area contributed by atoms with Crippen LogP contribution in [0.25, 0.3) is 0 Å². The molecule has 0 radical (unpaired) electrons. The van der Waals surface area contributed by atoms with Crippen molar-refractivity contribution in [1.29, 1.82) is 0 Å². The van der Waals surface area contributed by atoms with Gasteiger partial charge in [-0.05, 0) is 30.9 Å². The number of amides is 1. The van der Waals surface area contributed by atoms with E-state index in [-0.39, 0.29) is 12.5 Å². The van der Waals surface area contributed by atoms with Crippen molar-refractivity contribution < 1.29 is 9.90 Å². The van der Waals surface area contributed by atoms with Crippen molar-refractivity contribution in [3.8, 4) is 0 Å². The van der Waals surface area contributed by atoms with Gasteiger partial charge in [0, 0.05) is 45.3 Å². The molecule has 2 aliphatic rings. The first-order chi connectivity index (χ1) is 13.2. The Bertz CT molecular complexity index is 593. The molecule has 0 aromatic heterocycles. The highest BCUT2D eigenvalue weighted by Gasteiger charge is 2.26. The van der Waals surface area contributed by atoms with E-state index in [1.165, 1.54) is 30.4 Å². The summed E-state index contributed by atoms with van der Waals surface area (Å²) >= 11 is 0. The second-order valence-electron chi connectivity index (χ2n) is 8.07. The molecule has 1 aliphatic heterocycles. The fraction of sp³-hybridized carbons (Fsp3) is 0.682. The first-order valence-electron chi connectivity index (χ1n) is 10.6. The van der Waals surface area contributed by atoms with Gasteiger partial charge in [-0.15, -0.1) is 0 Å². The minimum Gasteiger partial charge on any atom is -0.395 e. The second kappa shape index (κ2) is 10.2. The minimum absolute atomic E-state index is 0.133. The normalized spacial score (nSPS) is 19.6. The van der Waals surface area contributed by atoms with Crippen LogP contribution in [0.1, 0.15) is 43.2 Å². The minimum atomic E-state index is 0.133. The molecule has 5 heteroatoms. The molecule has 2 fully saturated rings. The lowest BCUT2D eigenvalue weighted by Crippen LogP contribution is -2.52. The summed E-state index contributed by atoms with van der Waals surface area (Å²) in [5.74, 6) is 0.226. The molecule has 1 N–H and O–H groups in total. The standard InChI is InChI=1S/C22H35N3O2/c1-19-7-5-6-8-20(19)17-23-11-13-24(14-12-23)22(27)18-25(15-16-26)21-9-3-2-4-10-21/h5-8,21,26H,2-4,9-18H2,1H3. The molecular formula is C22H35N3O2. The number of benzene rings is 1. The van der Waals surface area contributed by atoms with Crippen LogP contribution in [-0.4, -0.2) is 77.6 Å². The van der Waals surface area contributed by atoms with Crippen molar-refractivity contribution in [2.45, 2.75) is 51.6 Å². The molecule has 150 valence electrons. The van der Waals surface area contributed by atoms with E-state index < -0.39 is 0 Å². The summed E-state index contributed by atoms with van der Waals surface area (Å²) in [6.45, 7) is 7.82. The third-order valence-electron chi connectivity index (χ3n) is 6.20. The van der Waals surface area contributed by atoms with Gasteiger partial charge in [-0.2, -0.15) is 0 Å². The predicted octanol–water partition coefficient (Wildman–Crippen LogP) is 2.27. The molecule has 5 nitrogen and oxygen atoms in total. The zero-order chi connectivity index (χ0) is 19.1. The lowest BCUT2D eigenvalue weighted by atomic mass is 9.94. The van der Waals surface area contributed by atoms with E-state index in [2.05, 4.69) is 41.0 Å². The molecule has 0 unspecified atom stereocenters. The number of aryl methyl sites for hydroxylation is 1. The molecule has 0 bridgehead atoms. The highest BCUT2D eigenvalue weighted by atomic mass is 16.3. The van der Waals surface area contributed by atoms with Crippen LogP contribution in [0.4, 0.5) is 0 Å². The van der Waals surface area contributed by atoms with Gasteiger partial charge in [-0.25, -0.2) is 0 Å². The molecule has 1 aromatic rings. The molecule has 1 saturated carbocycles. The lowest BCUT2D eigenvalue weighted by molar-refractivity contribution is -0.135. The summed E-state index contributed by atoms with van der Waals surface area (Å²) in [5.41, 5.74) is 2.71. The Morgan fingerprint density at radius 2 is 1.81 bits per heavy atom. The number of aliphatic hydroxyl groups is 1. The molecule has 0 spiro atoms. The first kappa shape index (κ1) is 20.3. The van der Waals surface area contributed by atoms with E-state index >= 15 is 0 Å². The highest BCUT2D eigenvalue weighted by molar-refractivity contribution is 5.78. The maximum Gasteiger partial charge on any atom is 0.236 e. The SMILES string of the molecule is Cc1ccccc1CN1CCN(C(=O)CN(CCO)C2CCCCC2)CC1. The number of carbonyl (C=O) groups excluding carboxylic acids is 1. The highest BCUT2D eigenvalue weighted by Crippen LogP contribution is 2.22. The van der Waals surface area contributed by atoms with Crippen molar-refractivity contribution in [3.63, 3.8) is 0 Å². The van der Waals surface area contributed by atoms with Gasteiger partial charge in [0.05, 0.1) is 13.2 Å². The maximum atomic E-state index is 12.8. The summed E-state index contributed by atoms with van der Waals surface area (Å²) in [6.07, 6.45) is 6.13. The van der Waals surface area contributed by atoms with E-state index in [1.54, 1.807) is 0 Å². The van der Waals surface area contributed by atoms with Crippen LogP contribution in [-0.2, 0) is 11.3 Å². The third-order valence-corrected chi connectivity index (χ3v) is 6.20. The van der Waals surface area contributed by atoms with Crippen LogP contribution in [0, 0.1) is 6.92 Å². The Hall–Kier alpha value is -1.43. The van der Waals surface area contributed by atoms with E-state index in [4.69, 9.17) is 0 Å². The Morgan fingerprint density at radius 3 is 2.48 bits per heavy atom. The van der Waals surface area contributed by atoms with Crippen LogP contribution in [0.5, 0.6) is 0 Å². The number of rotatable bonds is 7. The summed E-state index contributed by atoms with van der Waals surface area (Å²) < 4.78 is 0. The molecule has 1 aliphatic carbocycles. The van der Waals surface area contributed by atoms with Gasteiger partial charge in [-0.3, -0.25) is 14.6 Å². The van der Waals surface area contributed by atoms with Crippen LogP contribution in [0.15, 0.2) is 24.3 Å². The van der Waals surface area contributed by atoms with Gasteiger partial charge in [0.2, 0.25) is 5.91 Å². The third kappa shape index (κ3) is 5.77. The van der Waals surface area contributed by atoms with Crippen molar-refractivity contribution >= 4 is 5.91 Å². The molecule has 3 rings (SSSR count). The predicted molar refractivity (Wildman–Crippen MR) is 109 cm³/mol. The fourth-order valence-electron chi connectivity index (χ4n) is 4.42. The zero-order valence-electron chi connectivity index (χ0n) is 16.8. The van der Waals surface area contributed by atoms with Gasteiger partial charge in [-0.1, -0.05) is 43.5 Å². The monoisotopic (exact) mass is 373 g/mol. The Morgan fingerprint density at radius 1 is 1.11 bits per heavy atom. The van der Waals surface area contributed by atoms with Crippen LogP contribution < -0.4 is 0 Å². The van der Waals surface area contributed by atoms with Crippen molar-refractivity contribution in [2.24, 2.45) is 0 Å². The first-order valence-corrected chi connectivity index (χ1v) is 10.6. The van der Waals surface area contributed by atoms with E-state index in [1.807, 2.05) is 4.90 Å².